The third-order valence-electron chi connectivity index (χ3n) is 2.98. The Hall–Kier alpha value is -1.92. The predicted octanol–water partition coefficient (Wildman–Crippen LogP) is -0.138. The van der Waals surface area contributed by atoms with Crippen molar-refractivity contribution in [1.82, 2.24) is 5.32 Å². The molecule has 2 rings (SSSR count). The lowest BCUT2D eigenvalue weighted by molar-refractivity contribution is -0.143. The van der Waals surface area contributed by atoms with E-state index in [2.05, 4.69) is 5.32 Å². The van der Waals surface area contributed by atoms with Crippen molar-refractivity contribution in [1.29, 1.82) is 0 Å². The van der Waals surface area contributed by atoms with Crippen LogP contribution in [0.3, 0.4) is 0 Å². The SMILES string of the molecule is O=C(O)COCC(=O)N[C@H]1c2ccccc2C[C@H]1O. The van der Waals surface area contributed by atoms with Gasteiger partial charge in [0.1, 0.15) is 13.2 Å². The molecule has 6 nitrogen and oxygen atoms in total. The molecule has 0 fully saturated rings. The van der Waals surface area contributed by atoms with Crippen LogP contribution in [0.25, 0.3) is 0 Å². The quantitative estimate of drug-likeness (QED) is 0.688. The van der Waals surface area contributed by atoms with E-state index in [9.17, 15) is 14.7 Å². The number of carbonyl (C=O) groups excluding carboxylic acids is 1. The molecule has 1 aliphatic rings. The van der Waals surface area contributed by atoms with Crippen molar-refractivity contribution in [3.63, 3.8) is 0 Å². The van der Waals surface area contributed by atoms with Crippen LogP contribution in [0, 0.1) is 0 Å². The fourth-order valence-electron chi connectivity index (χ4n) is 2.19. The predicted molar refractivity (Wildman–Crippen MR) is 65.5 cm³/mol. The van der Waals surface area contributed by atoms with Gasteiger partial charge >= 0.3 is 5.97 Å². The van der Waals surface area contributed by atoms with Gasteiger partial charge in [-0.25, -0.2) is 4.79 Å². The van der Waals surface area contributed by atoms with Crippen LogP contribution < -0.4 is 5.32 Å². The number of amides is 1. The second kappa shape index (κ2) is 5.81. The Balaban J connectivity index is 1.92. The summed E-state index contributed by atoms with van der Waals surface area (Å²) < 4.78 is 4.70. The lowest BCUT2D eigenvalue weighted by atomic mass is 10.1. The van der Waals surface area contributed by atoms with Crippen LogP contribution in [0.5, 0.6) is 0 Å². The number of aliphatic carboxylic acids is 1. The maximum absolute atomic E-state index is 11.6. The molecule has 0 saturated carbocycles. The van der Waals surface area contributed by atoms with E-state index >= 15 is 0 Å². The number of benzene rings is 1. The van der Waals surface area contributed by atoms with Gasteiger partial charge < -0.3 is 20.3 Å². The topological polar surface area (TPSA) is 95.9 Å². The highest BCUT2D eigenvalue weighted by molar-refractivity contribution is 5.78. The van der Waals surface area contributed by atoms with Gasteiger partial charge in [-0.05, 0) is 11.1 Å². The molecular formula is C13H15NO5. The van der Waals surface area contributed by atoms with E-state index in [4.69, 9.17) is 9.84 Å². The maximum atomic E-state index is 11.6. The van der Waals surface area contributed by atoms with Gasteiger partial charge in [0.25, 0.3) is 0 Å². The monoisotopic (exact) mass is 265 g/mol. The number of rotatable bonds is 5. The Morgan fingerprint density at radius 3 is 2.79 bits per heavy atom. The molecule has 0 bridgehead atoms. The number of aliphatic hydroxyl groups is 1. The largest absolute Gasteiger partial charge is 0.480 e. The second-order valence-corrected chi connectivity index (χ2v) is 4.40. The first-order valence-electron chi connectivity index (χ1n) is 5.92. The van der Waals surface area contributed by atoms with Gasteiger partial charge in [-0.3, -0.25) is 4.79 Å². The van der Waals surface area contributed by atoms with E-state index in [1.807, 2.05) is 24.3 Å². The summed E-state index contributed by atoms with van der Waals surface area (Å²) in [6.45, 7) is -0.852. The van der Waals surface area contributed by atoms with Gasteiger partial charge in [-0.2, -0.15) is 0 Å². The van der Waals surface area contributed by atoms with Crippen LogP contribution in [0.1, 0.15) is 17.2 Å². The molecule has 0 saturated heterocycles. The average molecular weight is 265 g/mol. The van der Waals surface area contributed by atoms with Crippen molar-refractivity contribution >= 4 is 11.9 Å². The van der Waals surface area contributed by atoms with Crippen LogP contribution in [-0.2, 0) is 20.7 Å². The van der Waals surface area contributed by atoms with Crippen LogP contribution in [0.2, 0.25) is 0 Å². The Bertz CT molecular complexity index is 488. The maximum Gasteiger partial charge on any atom is 0.329 e. The van der Waals surface area contributed by atoms with Crippen molar-refractivity contribution in [2.75, 3.05) is 13.2 Å². The van der Waals surface area contributed by atoms with Crippen LogP contribution >= 0.6 is 0 Å². The summed E-state index contributed by atoms with van der Waals surface area (Å²) >= 11 is 0. The molecule has 1 aromatic rings. The van der Waals surface area contributed by atoms with E-state index in [0.717, 1.165) is 11.1 Å². The van der Waals surface area contributed by atoms with E-state index in [0.29, 0.717) is 6.42 Å². The zero-order chi connectivity index (χ0) is 13.8. The Kier molecular flexibility index (Phi) is 4.13. The molecule has 1 aromatic carbocycles. The molecule has 0 heterocycles. The number of carbonyl (C=O) groups is 2. The summed E-state index contributed by atoms with van der Waals surface area (Å²) in [6.07, 6.45) is -0.169. The zero-order valence-electron chi connectivity index (χ0n) is 10.2. The third kappa shape index (κ3) is 3.30. The van der Waals surface area contributed by atoms with Crippen molar-refractivity contribution in [2.24, 2.45) is 0 Å². The van der Waals surface area contributed by atoms with E-state index in [-0.39, 0.29) is 6.61 Å². The Labute approximate surface area is 110 Å². The molecule has 2 atom stereocenters. The molecule has 3 N–H and O–H groups in total. The number of carboxylic acids is 1. The summed E-state index contributed by atoms with van der Waals surface area (Å²) in [5, 5.41) is 21.0. The molecule has 1 aliphatic carbocycles. The smallest absolute Gasteiger partial charge is 0.329 e. The van der Waals surface area contributed by atoms with Crippen LogP contribution in [0.15, 0.2) is 24.3 Å². The number of carboxylic acid groups (broad SMARTS) is 1. The molecule has 0 aliphatic heterocycles. The zero-order valence-corrected chi connectivity index (χ0v) is 10.2. The van der Waals surface area contributed by atoms with Crippen molar-refractivity contribution < 1.29 is 24.5 Å². The third-order valence-corrected chi connectivity index (χ3v) is 2.98. The summed E-state index contributed by atoms with van der Waals surface area (Å²) in [7, 11) is 0. The van der Waals surface area contributed by atoms with Crippen molar-refractivity contribution in [3.05, 3.63) is 35.4 Å². The fourth-order valence-corrected chi connectivity index (χ4v) is 2.19. The summed E-state index contributed by atoms with van der Waals surface area (Å²) in [6, 6.07) is 7.03. The van der Waals surface area contributed by atoms with Gasteiger partial charge in [-0.15, -0.1) is 0 Å². The van der Waals surface area contributed by atoms with E-state index in [1.165, 1.54) is 0 Å². The average Bonchev–Trinajstić information content (AvgIpc) is 2.66. The first kappa shape index (κ1) is 13.5. The lowest BCUT2D eigenvalue weighted by Crippen LogP contribution is -2.36. The number of aliphatic hydroxyl groups excluding tert-OH is 1. The first-order chi connectivity index (χ1) is 9.08. The van der Waals surface area contributed by atoms with Gasteiger partial charge in [0.15, 0.2) is 0 Å². The lowest BCUT2D eigenvalue weighted by Gasteiger charge is -2.17. The summed E-state index contributed by atoms with van der Waals surface area (Å²) in [4.78, 5) is 21.8. The number of nitrogens with one attached hydrogen (secondary N) is 1. The van der Waals surface area contributed by atoms with Crippen molar-refractivity contribution in [2.45, 2.75) is 18.6 Å². The summed E-state index contributed by atoms with van der Waals surface area (Å²) in [5.41, 5.74) is 1.90. The first-order valence-corrected chi connectivity index (χ1v) is 5.92. The number of fused-ring (bicyclic) bond motifs is 1. The number of hydrogen-bond donors (Lipinski definition) is 3. The fraction of sp³-hybridized carbons (Fsp3) is 0.385. The molecule has 19 heavy (non-hydrogen) atoms. The normalized spacial score (nSPS) is 20.9. The molecule has 0 aromatic heterocycles. The minimum Gasteiger partial charge on any atom is -0.480 e. The minimum atomic E-state index is -1.13. The number of ether oxygens (including phenoxy) is 1. The van der Waals surface area contributed by atoms with Gasteiger partial charge in [-0.1, -0.05) is 24.3 Å². The van der Waals surface area contributed by atoms with Gasteiger partial charge in [0, 0.05) is 6.42 Å². The molecule has 1 amide bonds. The molecule has 0 radical (unpaired) electrons. The Morgan fingerprint density at radius 1 is 1.32 bits per heavy atom. The molecule has 0 spiro atoms. The highest BCUT2D eigenvalue weighted by atomic mass is 16.5. The van der Waals surface area contributed by atoms with Gasteiger partial charge in [0.2, 0.25) is 5.91 Å². The van der Waals surface area contributed by atoms with E-state index < -0.39 is 30.6 Å². The van der Waals surface area contributed by atoms with Crippen molar-refractivity contribution in [3.8, 4) is 0 Å². The highest BCUT2D eigenvalue weighted by Crippen LogP contribution is 2.30. The molecule has 6 heteroatoms. The second-order valence-electron chi connectivity index (χ2n) is 4.40. The Morgan fingerprint density at radius 2 is 2.05 bits per heavy atom. The van der Waals surface area contributed by atoms with Gasteiger partial charge in [0.05, 0.1) is 12.1 Å². The molecular weight excluding hydrogens is 250 g/mol. The van der Waals surface area contributed by atoms with Crippen LogP contribution in [0.4, 0.5) is 0 Å². The number of hydrogen-bond acceptors (Lipinski definition) is 4. The molecule has 102 valence electrons. The highest BCUT2D eigenvalue weighted by Gasteiger charge is 2.31. The van der Waals surface area contributed by atoms with Crippen LogP contribution in [-0.4, -0.2) is 41.4 Å². The standard InChI is InChI=1S/C13H15NO5/c15-10-5-8-3-1-2-4-9(8)13(10)14-11(16)6-19-7-12(17)18/h1-4,10,13,15H,5-7H2,(H,14,16)(H,17,18)/t10-,13+/m1/s1. The van der Waals surface area contributed by atoms with E-state index in [1.54, 1.807) is 0 Å². The molecule has 0 unspecified atom stereocenters. The summed E-state index contributed by atoms with van der Waals surface area (Å²) in [5.74, 6) is -1.57. The minimum absolute atomic E-state index is 0.336.